The topological polar surface area (TPSA) is 49.5 Å². The molecule has 2 atom stereocenters. The normalized spacial score (nSPS) is 23.5. The first kappa shape index (κ1) is 12.7. The summed E-state index contributed by atoms with van der Waals surface area (Å²) in [5.41, 5.74) is 7.32. The van der Waals surface area contributed by atoms with Gasteiger partial charge in [0.25, 0.3) is 0 Å². The van der Waals surface area contributed by atoms with E-state index in [-0.39, 0.29) is 0 Å². The highest BCUT2D eigenvalue weighted by Gasteiger charge is 2.19. The van der Waals surface area contributed by atoms with E-state index in [4.69, 9.17) is 5.73 Å². The Kier molecular flexibility index (Phi) is 4.31. The van der Waals surface area contributed by atoms with E-state index < -0.39 is 6.10 Å². The Bertz CT molecular complexity index is 355. The predicted octanol–water partition coefficient (Wildman–Crippen LogP) is 1.74. The van der Waals surface area contributed by atoms with Gasteiger partial charge >= 0.3 is 0 Å². The lowest BCUT2D eigenvalue weighted by atomic mass is 10.1. The van der Waals surface area contributed by atoms with E-state index in [0.29, 0.717) is 5.25 Å². The maximum atomic E-state index is 10.2. The molecule has 0 aromatic heterocycles. The van der Waals surface area contributed by atoms with Gasteiger partial charge in [0.05, 0.1) is 6.10 Å². The number of rotatable bonds is 3. The molecule has 2 unspecified atom stereocenters. The maximum absolute atomic E-state index is 10.2. The van der Waals surface area contributed by atoms with Crippen LogP contribution in [0.3, 0.4) is 0 Å². The van der Waals surface area contributed by atoms with Gasteiger partial charge in [-0.15, -0.1) is 0 Å². The first-order valence-corrected chi connectivity index (χ1v) is 7.07. The highest BCUT2D eigenvalue weighted by molar-refractivity contribution is 7.99. The van der Waals surface area contributed by atoms with E-state index in [1.165, 1.54) is 0 Å². The fourth-order valence-corrected chi connectivity index (χ4v) is 3.21. The maximum Gasteiger partial charge on any atom is 0.0916 e. The number of nitrogens with zero attached hydrogens (tertiary/aromatic N) is 1. The summed E-state index contributed by atoms with van der Waals surface area (Å²) in [6.45, 7) is 5.10. The van der Waals surface area contributed by atoms with Gasteiger partial charge in [0.2, 0.25) is 0 Å². The van der Waals surface area contributed by atoms with Crippen LogP contribution in [-0.2, 0) is 0 Å². The van der Waals surface area contributed by atoms with Crippen molar-refractivity contribution >= 4 is 17.4 Å². The molecule has 0 amide bonds. The second-order valence-electron chi connectivity index (χ2n) is 4.62. The number of hydrogen-bond donors (Lipinski definition) is 2. The monoisotopic (exact) mass is 252 g/mol. The molecule has 0 saturated carbocycles. The van der Waals surface area contributed by atoms with Gasteiger partial charge in [0, 0.05) is 36.3 Å². The van der Waals surface area contributed by atoms with Crippen LogP contribution in [0.5, 0.6) is 0 Å². The summed E-state index contributed by atoms with van der Waals surface area (Å²) in [5.74, 6) is 1.16. The van der Waals surface area contributed by atoms with Gasteiger partial charge < -0.3 is 10.8 Å². The molecule has 2 rings (SSSR count). The van der Waals surface area contributed by atoms with E-state index in [2.05, 4.69) is 11.8 Å². The molecule has 1 fully saturated rings. The van der Waals surface area contributed by atoms with Gasteiger partial charge in [-0.3, -0.25) is 4.90 Å². The molecular weight excluding hydrogens is 232 g/mol. The van der Waals surface area contributed by atoms with Gasteiger partial charge in [-0.1, -0.05) is 19.1 Å². The third kappa shape index (κ3) is 3.63. The zero-order chi connectivity index (χ0) is 12.3. The van der Waals surface area contributed by atoms with Crippen molar-refractivity contribution in [2.45, 2.75) is 18.3 Å². The van der Waals surface area contributed by atoms with Crippen molar-refractivity contribution in [3.05, 3.63) is 29.8 Å². The molecule has 0 bridgehead atoms. The Morgan fingerprint density at radius 3 is 2.82 bits per heavy atom. The number of β-amino-alcohol motifs (C(OH)–C–C–N with tert-alkyl or cyclic N) is 1. The minimum Gasteiger partial charge on any atom is -0.399 e. The van der Waals surface area contributed by atoms with Crippen molar-refractivity contribution in [1.29, 1.82) is 0 Å². The number of aliphatic hydroxyl groups is 1. The molecule has 3 N–H and O–H groups in total. The first-order chi connectivity index (χ1) is 8.15. The van der Waals surface area contributed by atoms with Crippen molar-refractivity contribution in [2.24, 2.45) is 0 Å². The molecule has 3 nitrogen and oxygen atoms in total. The molecular formula is C13H20N2OS. The fourth-order valence-electron chi connectivity index (χ4n) is 2.12. The summed E-state index contributed by atoms with van der Waals surface area (Å²) in [6, 6.07) is 7.49. The Labute approximate surface area is 107 Å². The largest absolute Gasteiger partial charge is 0.399 e. The van der Waals surface area contributed by atoms with Crippen LogP contribution in [0.2, 0.25) is 0 Å². The number of anilines is 1. The number of thioether (sulfide) groups is 1. The second kappa shape index (κ2) is 5.76. The highest BCUT2D eigenvalue weighted by atomic mass is 32.2. The lowest BCUT2D eigenvalue weighted by Gasteiger charge is -2.32. The second-order valence-corrected chi connectivity index (χ2v) is 6.17. The van der Waals surface area contributed by atoms with Crippen LogP contribution in [0.1, 0.15) is 18.6 Å². The molecule has 0 aliphatic carbocycles. The Morgan fingerprint density at radius 1 is 1.47 bits per heavy atom. The molecule has 1 aromatic carbocycles. The van der Waals surface area contributed by atoms with Crippen LogP contribution in [0.25, 0.3) is 0 Å². The van der Waals surface area contributed by atoms with Gasteiger partial charge in [0.15, 0.2) is 0 Å². The number of hydrogen-bond acceptors (Lipinski definition) is 4. The van der Waals surface area contributed by atoms with Crippen LogP contribution in [0.4, 0.5) is 5.69 Å². The Morgan fingerprint density at radius 2 is 2.18 bits per heavy atom. The van der Waals surface area contributed by atoms with Crippen molar-refractivity contribution in [1.82, 2.24) is 4.90 Å². The Balaban J connectivity index is 1.91. The van der Waals surface area contributed by atoms with Crippen LogP contribution in [0.15, 0.2) is 24.3 Å². The van der Waals surface area contributed by atoms with Crippen molar-refractivity contribution < 1.29 is 5.11 Å². The minimum absolute atomic E-state index is 0.411. The summed E-state index contributed by atoms with van der Waals surface area (Å²) < 4.78 is 0. The average Bonchev–Trinajstić information content (AvgIpc) is 2.29. The molecule has 0 spiro atoms. The molecule has 1 aliphatic rings. The SMILES string of the molecule is CC1CN(CC(O)c2ccc(N)cc2)CCS1. The summed E-state index contributed by atoms with van der Waals surface area (Å²) in [7, 11) is 0. The summed E-state index contributed by atoms with van der Waals surface area (Å²) in [5, 5.41) is 10.8. The van der Waals surface area contributed by atoms with Crippen LogP contribution < -0.4 is 5.73 Å². The highest BCUT2D eigenvalue weighted by Crippen LogP contribution is 2.21. The Hall–Kier alpha value is -0.710. The molecule has 1 aromatic rings. The number of nitrogen functional groups attached to an aromatic ring is 1. The average molecular weight is 252 g/mol. The number of aliphatic hydroxyl groups excluding tert-OH is 1. The first-order valence-electron chi connectivity index (χ1n) is 6.02. The lowest BCUT2D eigenvalue weighted by molar-refractivity contribution is 0.115. The summed E-state index contributed by atoms with van der Waals surface area (Å²) in [6.07, 6.45) is -0.411. The summed E-state index contributed by atoms with van der Waals surface area (Å²) in [4.78, 5) is 2.34. The minimum atomic E-state index is -0.411. The van der Waals surface area contributed by atoms with Gasteiger partial charge in [-0.05, 0) is 17.7 Å². The number of nitrogens with two attached hydrogens (primary N) is 1. The molecule has 1 aliphatic heterocycles. The van der Waals surface area contributed by atoms with Crippen molar-refractivity contribution in [3.8, 4) is 0 Å². The van der Waals surface area contributed by atoms with Crippen LogP contribution in [-0.4, -0.2) is 40.6 Å². The fraction of sp³-hybridized carbons (Fsp3) is 0.538. The van der Waals surface area contributed by atoms with Gasteiger partial charge in [-0.25, -0.2) is 0 Å². The predicted molar refractivity (Wildman–Crippen MR) is 74.2 cm³/mol. The van der Waals surface area contributed by atoms with Crippen molar-refractivity contribution in [3.63, 3.8) is 0 Å². The molecule has 17 heavy (non-hydrogen) atoms. The van der Waals surface area contributed by atoms with Crippen LogP contribution >= 0.6 is 11.8 Å². The van der Waals surface area contributed by atoms with Crippen molar-refractivity contribution in [2.75, 3.05) is 31.1 Å². The standard InChI is InChI=1S/C13H20N2OS/c1-10-8-15(6-7-17-10)9-13(16)11-2-4-12(14)5-3-11/h2-5,10,13,16H,6-9,14H2,1H3. The van der Waals surface area contributed by atoms with E-state index in [1.54, 1.807) is 0 Å². The molecule has 0 radical (unpaired) electrons. The smallest absolute Gasteiger partial charge is 0.0916 e. The third-order valence-corrected chi connectivity index (χ3v) is 4.21. The van der Waals surface area contributed by atoms with Crippen LogP contribution in [0, 0.1) is 0 Å². The molecule has 94 valence electrons. The van der Waals surface area contributed by atoms with E-state index in [1.807, 2.05) is 36.0 Å². The summed E-state index contributed by atoms with van der Waals surface area (Å²) >= 11 is 2.01. The third-order valence-electron chi connectivity index (χ3n) is 3.08. The lowest BCUT2D eigenvalue weighted by Crippen LogP contribution is -2.39. The van der Waals surface area contributed by atoms with E-state index in [9.17, 15) is 5.11 Å². The zero-order valence-corrected chi connectivity index (χ0v) is 11.0. The van der Waals surface area contributed by atoms with Gasteiger partial charge in [-0.2, -0.15) is 11.8 Å². The quantitative estimate of drug-likeness (QED) is 0.805. The molecule has 1 heterocycles. The van der Waals surface area contributed by atoms with E-state index >= 15 is 0 Å². The van der Waals surface area contributed by atoms with E-state index in [0.717, 1.165) is 36.6 Å². The molecule has 1 saturated heterocycles. The molecule has 4 heteroatoms. The van der Waals surface area contributed by atoms with Gasteiger partial charge in [0.1, 0.15) is 0 Å². The zero-order valence-electron chi connectivity index (χ0n) is 10.2. The number of benzene rings is 1.